The van der Waals surface area contributed by atoms with Gasteiger partial charge in [-0.2, -0.15) is 0 Å². The molecule has 21 heavy (non-hydrogen) atoms. The molecule has 0 spiro atoms. The predicted molar refractivity (Wildman–Crippen MR) is 74.4 cm³/mol. The number of hydrogen-bond donors (Lipinski definition) is 3. The minimum atomic E-state index is -0.979. The maximum Gasteiger partial charge on any atom is 0.255 e. The van der Waals surface area contributed by atoms with E-state index in [1.54, 1.807) is 0 Å². The van der Waals surface area contributed by atoms with Crippen molar-refractivity contribution >= 4 is 17.5 Å². The van der Waals surface area contributed by atoms with Crippen molar-refractivity contribution in [3.8, 4) is 11.5 Å². The highest BCUT2D eigenvalue weighted by Gasteiger charge is 2.18. The van der Waals surface area contributed by atoms with E-state index in [0.717, 1.165) is 6.07 Å². The Bertz CT molecular complexity index is 731. The Morgan fingerprint density at radius 3 is 2.19 bits per heavy atom. The summed E-state index contributed by atoms with van der Waals surface area (Å²) >= 11 is 0. The van der Waals surface area contributed by atoms with Crippen LogP contribution in [0.4, 0.5) is 10.1 Å². The number of para-hydroxylation sites is 1. The molecular formula is C14H12FN3O3. The van der Waals surface area contributed by atoms with E-state index in [-0.39, 0.29) is 22.7 Å². The first-order valence-corrected chi connectivity index (χ1v) is 5.86. The third-order valence-corrected chi connectivity index (χ3v) is 2.77. The first-order valence-electron chi connectivity index (χ1n) is 5.86. The first-order chi connectivity index (χ1) is 9.91. The van der Waals surface area contributed by atoms with Crippen molar-refractivity contribution in [1.82, 2.24) is 0 Å². The average molecular weight is 289 g/mol. The molecule has 0 radical (unpaired) electrons. The quantitative estimate of drug-likeness (QED) is 0.736. The zero-order valence-electron chi connectivity index (χ0n) is 10.8. The second kappa shape index (κ2) is 5.49. The molecule has 0 fully saturated rings. The van der Waals surface area contributed by atoms with Crippen molar-refractivity contribution in [3.05, 3.63) is 53.3 Å². The Morgan fingerprint density at radius 2 is 1.57 bits per heavy atom. The zero-order chi connectivity index (χ0) is 15.6. The molecule has 7 heteroatoms. The van der Waals surface area contributed by atoms with Gasteiger partial charge in [0.05, 0.1) is 11.3 Å². The fourth-order valence-corrected chi connectivity index (χ4v) is 1.79. The van der Waals surface area contributed by atoms with Crippen LogP contribution < -0.4 is 21.9 Å². The highest BCUT2D eigenvalue weighted by atomic mass is 19.1. The number of nitrogen functional groups attached to an aromatic ring is 1. The summed E-state index contributed by atoms with van der Waals surface area (Å²) in [7, 11) is 0. The molecule has 0 saturated carbocycles. The van der Waals surface area contributed by atoms with E-state index in [1.165, 1.54) is 30.3 Å². The normalized spacial score (nSPS) is 10.1. The van der Waals surface area contributed by atoms with Crippen LogP contribution in [0, 0.1) is 5.82 Å². The maximum absolute atomic E-state index is 13.6. The number of nitrogens with two attached hydrogens (primary N) is 3. The number of carbonyl (C=O) groups is 2. The summed E-state index contributed by atoms with van der Waals surface area (Å²) in [6.45, 7) is 0. The number of rotatable bonds is 4. The molecule has 0 aliphatic rings. The highest BCUT2D eigenvalue weighted by molar-refractivity contribution is 5.99. The van der Waals surface area contributed by atoms with Gasteiger partial charge in [0, 0.05) is 0 Å². The topological polar surface area (TPSA) is 121 Å². The third kappa shape index (κ3) is 2.76. The van der Waals surface area contributed by atoms with E-state index in [4.69, 9.17) is 21.9 Å². The van der Waals surface area contributed by atoms with Gasteiger partial charge >= 0.3 is 0 Å². The van der Waals surface area contributed by atoms with Gasteiger partial charge in [-0.3, -0.25) is 9.59 Å². The van der Waals surface area contributed by atoms with Crippen LogP contribution in [0.5, 0.6) is 11.5 Å². The van der Waals surface area contributed by atoms with Crippen molar-refractivity contribution in [3.63, 3.8) is 0 Å². The lowest BCUT2D eigenvalue weighted by Crippen LogP contribution is -2.15. The number of anilines is 1. The second-order valence-electron chi connectivity index (χ2n) is 4.16. The molecule has 0 unspecified atom stereocenters. The standard InChI is InChI=1S/C14H12FN3O3/c15-8-4-2-5-9(11(8)14(18)20)21-10-6-1-3-7(12(10)16)13(17)19/h1-6H,16H2,(H2,17,19)(H2,18,20). The van der Waals surface area contributed by atoms with Gasteiger partial charge in [-0.05, 0) is 24.3 Å². The number of amides is 2. The van der Waals surface area contributed by atoms with Gasteiger partial charge in [-0.25, -0.2) is 4.39 Å². The van der Waals surface area contributed by atoms with Crippen molar-refractivity contribution in [2.75, 3.05) is 5.73 Å². The van der Waals surface area contributed by atoms with Gasteiger partial charge in [0.2, 0.25) is 0 Å². The smallest absolute Gasteiger partial charge is 0.255 e. The lowest BCUT2D eigenvalue weighted by molar-refractivity contribution is 0.0987. The lowest BCUT2D eigenvalue weighted by Gasteiger charge is -2.13. The van der Waals surface area contributed by atoms with Crippen LogP contribution in [0.2, 0.25) is 0 Å². The van der Waals surface area contributed by atoms with Crippen LogP contribution >= 0.6 is 0 Å². The van der Waals surface area contributed by atoms with E-state index < -0.39 is 23.2 Å². The second-order valence-corrected chi connectivity index (χ2v) is 4.16. The van der Waals surface area contributed by atoms with Gasteiger partial charge in [0.15, 0.2) is 5.75 Å². The van der Waals surface area contributed by atoms with E-state index in [2.05, 4.69) is 0 Å². The van der Waals surface area contributed by atoms with Gasteiger partial charge in [0.25, 0.3) is 11.8 Å². The number of carbonyl (C=O) groups excluding carboxylic acids is 2. The van der Waals surface area contributed by atoms with E-state index in [9.17, 15) is 14.0 Å². The lowest BCUT2D eigenvalue weighted by atomic mass is 10.1. The molecule has 0 aromatic heterocycles. The van der Waals surface area contributed by atoms with Crippen LogP contribution in [0.15, 0.2) is 36.4 Å². The van der Waals surface area contributed by atoms with Crippen LogP contribution in [0.1, 0.15) is 20.7 Å². The minimum absolute atomic E-state index is 0.00955. The zero-order valence-corrected chi connectivity index (χ0v) is 10.8. The summed E-state index contributed by atoms with van der Waals surface area (Å²) in [6, 6.07) is 8.17. The Morgan fingerprint density at radius 1 is 0.952 bits per heavy atom. The third-order valence-electron chi connectivity index (χ3n) is 2.77. The van der Waals surface area contributed by atoms with Crippen molar-refractivity contribution in [1.29, 1.82) is 0 Å². The average Bonchev–Trinajstić information content (AvgIpc) is 2.40. The molecule has 0 bridgehead atoms. The molecule has 2 aromatic carbocycles. The van der Waals surface area contributed by atoms with Crippen LogP contribution in [-0.2, 0) is 0 Å². The molecule has 0 atom stereocenters. The molecule has 0 aliphatic heterocycles. The Labute approximate surface area is 119 Å². The number of primary amides is 2. The first kappa shape index (κ1) is 14.3. The maximum atomic E-state index is 13.6. The number of halogens is 1. The number of hydrogen-bond acceptors (Lipinski definition) is 4. The van der Waals surface area contributed by atoms with Gasteiger partial charge in [0.1, 0.15) is 17.1 Å². The summed E-state index contributed by atoms with van der Waals surface area (Å²) in [5.74, 6) is -2.56. The molecule has 2 amide bonds. The number of ether oxygens (including phenoxy) is 1. The summed E-state index contributed by atoms with van der Waals surface area (Å²) in [4.78, 5) is 22.5. The molecule has 0 aliphatic carbocycles. The Kier molecular flexibility index (Phi) is 3.75. The minimum Gasteiger partial charge on any atom is -0.454 e. The van der Waals surface area contributed by atoms with E-state index >= 15 is 0 Å². The van der Waals surface area contributed by atoms with Gasteiger partial charge in [-0.15, -0.1) is 0 Å². The monoisotopic (exact) mass is 289 g/mol. The fraction of sp³-hybridized carbons (Fsp3) is 0. The predicted octanol–water partition coefficient (Wildman–Crippen LogP) is 1.40. The van der Waals surface area contributed by atoms with E-state index in [1.807, 2.05) is 0 Å². The van der Waals surface area contributed by atoms with Gasteiger partial charge < -0.3 is 21.9 Å². The van der Waals surface area contributed by atoms with E-state index in [0.29, 0.717) is 0 Å². The number of benzene rings is 2. The van der Waals surface area contributed by atoms with Crippen LogP contribution in [0.25, 0.3) is 0 Å². The summed E-state index contributed by atoms with van der Waals surface area (Å²) in [5.41, 5.74) is 15.7. The van der Waals surface area contributed by atoms with Gasteiger partial charge in [-0.1, -0.05) is 12.1 Å². The van der Waals surface area contributed by atoms with Crippen molar-refractivity contribution in [2.24, 2.45) is 11.5 Å². The molecule has 6 nitrogen and oxygen atoms in total. The van der Waals surface area contributed by atoms with Crippen molar-refractivity contribution in [2.45, 2.75) is 0 Å². The summed E-state index contributed by atoms with van der Waals surface area (Å²) < 4.78 is 19.0. The Hall–Kier alpha value is -3.09. The van der Waals surface area contributed by atoms with Crippen LogP contribution in [0.3, 0.4) is 0 Å². The van der Waals surface area contributed by atoms with Crippen molar-refractivity contribution < 1.29 is 18.7 Å². The summed E-state index contributed by atoms with van der Waals surface area (Å²) in [5, 5.41) is 0. The molecule has 2 rings (SSSR count). The highest BCUT2D eigenvalue weighted by Crippen LogP contribution is 2.32. The largest absolute Gasteiger partial charge is 0.454 e. The summed E-state index contributed by atoms with van der Waals surface area (Å²) in [6.07, 6.45) is 0. The fourth-order valence-electron chi connectivity index (χ4n) is 1.79. The van der Waals surface area contributed by atoms with Crippen LogP contribution in [-0.4, -0.2) is 11.8 Å². The molecule has 6 N–H and O–H groups in total. The molecule has 0 heterocycles. The molecule has 108 valence electrons. The molecular weight excluding hydrogens is 277 g/mol. The molecule has 0 saturated heterocycles. The SMILES string of the molecule is NC(=O)c1cccc(Oc2cccc(F)c2C(N)=O)c1N. The Balaban J connectivity index is 2.49. The molecule has 2 aromatic rings.